The van der Waals surface area contributed by atoms with Crippen LogP contribution in [0.15, 0.2) is 42.5 Å². The highest BCUT2D eigenvalue weighted by atomic mass is 16.4. The monoisotopic (exact) mass is 280 g/mol. The van der Waals surface area contributed by atoms with E-state index in [9.17, 15) is 9.90 Å². The Morgan fingerprint density at radius 3 is 2.62 bits per heavy atom. The first-order valence-corrected chi connectivity index (χ1v) is 6.93. The van der Waals surface area contributed by atoms with Gasteiger partial charge in [-0.25, -0.2) is 9.78 Å². The Morgan fingerprint density at radius 2 is 1.95 bits per heavy atom. The molecule has 0 bridgehead atoms. The van der Waals surface area contributed by atoms with Crippen molar-refractivity contribution in [1.82, 2.24) is 9.55 Å². The van der Waals surface area contributed by atoms with Crippen LogP contribution in [0.5, 0.6) is 0 Å². The van der Waals surface area contributed by atoms with E-state index < -0.39 is 5.97 Å². The lowest BCUT2D eigenvalue weighted by Crippen LogP contribution is -2.06. The molecule has 0 saturated heterocycles. The summed E-state index contributed by atoms with van der Waals surface area (Å²) in [5.41, 5.74) is 3.73. The van der Waals surface area contributed by atoms with Crippen molar-refractivity contribution >= 4 is 17.0 Å². The van der Waals surface area contributed by atoms with Crippen LogP contribution in [0.2, 0.25) is 0 Å². The molecule has 0 fully saturated rings. The minimum Gasteiger partial charge on any atom is -0.478 e. The smallest absolute Gasteiger partial charge is 0.337 e. The maximum Gasteiger partial charge on any atom is 0.337 e. The number of aryl methyl sites for hydroxylation is 2. The van der Waals surface area contributed by atoms with Crippen LogP contribution in [0.4, 0.5) is 0 Å². The van der Waals surface area contributed by atoms with Gasteiger partial charge >= 0.3 is 5.97 Å². The van der Waals surface area contributed by atoms with Gasteiger partial charge in [-0.1, -0.05) is 31.2 Å². The number of carbonyl (C=O) groups is 1. The molecule has 3 aromatic rings. The van der Waals surface area contributed by atoms with Gasteiger partial charge in [0.2, 0.25) is 0 Å². The number of rotatable bonds is 3. The fraction of sp³-hybridized carbons (Fsp3) is 0.176. The second-order valence-corrected chi connectivity index (χ2v) is 4.98. The van der Waals surface area contributed by atoms with Crippen molar-refractivity contribution in [3.05, 3.63) is 59.4 Å². The number of carboxylic acids is 1. The summed E-state index contributed by atoms with van der Waals surface area (Å²) in [6.07, 6.45) is 0.738. The van der Waals surface area contributed by atoms with E-state index >= 15 is 0 Å². The van der Waals surface area contributed by atoms with Crippen LogP contribution >= 0.6 is 0 Å². The average Bonchev–Trinajstić information content (AvgIpc) is 2.86. The van der Waals surface area contributed by atoms with E-state index in [2.05, 4.69) is 4.98 Å². The summed E-state index contributed by atoms with van der Waals surface area (Å²) >= 11 is 0. The summed E-state index contributed by atoms with van der Waals surface area (Å²) < 4.78 is 1.97. The molecule has 0 amide bonds. The van der Waals surface area contributed by atoms with Crippen molar-refractivity contribution in [1.29, 1.82) is 0 Å². The highest BCUT2D eigenvalue weighted by Crippen LogP contribution is 2.26. The maximum atomic E-state index is 11.5. The van der Waals surface area contributed by atoms with Crippen LogP contribution < -0.4 is 0 Å². The molecule has 2 aromatic carbocycles. The number of imidazole rings is 1. The molecular weight excluding hydrogens is 264 g/mol. The van der Waals surface area contributed by atoms with Crippen molar-refractivity contribution in [3.8, 4) is 5.69 Å². The standard InChI is InChI=1S/C17H16N2O2/c1-3-15-18-13-9-6-8-12(17(20)21)16(13)19(15)14-10-5-4-7-11(14)2/h4-10H,3H2,1-2H3,(H,20,21). The first-order valence-electron chi connectivity index (χ1n) is 6.93. The van der Waals surface area contributed by atoms with E-state index in [0.717, 1.165) is 29.0 Å². The molecule has 0 atom stereocenters. The number of aromatic carboxylic acids is 1. The molecule has 21 heavy (non-hydrogen) atoms. The van der Waals surface area contributed by atoms with Gasteiger partial charge in [0.05, 0.1) is 22.3 Å². The summed E-state index contributed by atoms with van der Waals surface area (Å²) in [6, 6.07) is 13.2. The van der Waals surface area contributed by atoms with Crippen molar-refractivity contribution in [3.63, 3.8) is 0 Å². The second-order valence-electron chi connectivity index (χ2n) is 4.98. The van der Waals surface area contributed by atoms with Crippen LogP contribution in [0.3, 0.4) is 0 Å². The number of aromatic nitrogens is 2. The Labute approximate surface area is 122 Å². The molecule has 1 N–H and O–H groups in total. The van der Waals surface area contributed by atoms with Crippen molar-refractivity contribution in [2.75, 3.05) is 0 Å². The molecule has 0 aliphatic rings. The van der Waals surface area contributed by atoms with Gasteiger partial charge < -0.3 is 5.11 Å². The number of para-hydroxylation sites is 2. The minimum absolute atomic E-state index is 0.281. The van der Waals surface area contributed by atoms with Gasteiger partial charge in [0, 0.05) is 6.42 Å². The average molecular weight is 280 g/mol. The third kappa shape index (κ3) is 2.09. The van der Waals surface area contributed by atoms with Gasteiger partial charge in [-0.2, -0.15) is 0 Å². The SMILES string of the molecule is CCc1nc2cccc(C(=O)O)c2n1-c1ccccc1C. The number of hydrogen-bond donors (Lipinski definition) is 1. The molecule has 1 aromatic heterocycles. The number of fused-ring (bicyclic) bond motifs is 1. The molecule has 4 heteroatoms. The zero-order valence-electron chi connectivity index (χ0n) is 12.0. The number of carboxylic acid groups (broad SMARTS) is 1. The Bertz CT molecular complexity index is 834. The zero-order chi connectivity index (χ0) is 15.0. The Hall–Kier alpha value is -2.62. The molecule has 0 aliphatic carbocycles. The normalized spacial score (nSPS) is 11.0. The van der Waals surface area contributed by atoms with Crippen LogP contribution in [0.25, 0.3) is 16.7 Å². The minimum atomic E-state index is -0.932. The number of nitrogens with zero attached hydrogens (tertiary/aromatic N) is 2. The molecule has 0 radical (unpaired) electrons. The largest absolute Gasteiger partial charge is 0.478 e. The molecule has 106 valence electrons. The van der Waals surface area contributed by atoms with E-state index in [1.807, 2.05) is 48.7 Å². The lowest BCUT2D eigenvalue weighted by molar-refractivity contribution is 0.0698. The third-order valence-corrected chi connectivity index (χ3v) is 3.65. The van der Waals surface area contributed by atoms with Crippen LogP contribution in [0, 0.1) is 6.92 Å². The maximum absolute atomic E-state index is 11.5. The molecule has 0 aliphatic heterocycles. The van der Waals surface area contributed by atoms with E-state index in [1.54, 1.807) is 12.1 Å². The third-order valence-electron chi connectivity index (χ3n) is 3.65. The molecular formula is C17H16N2O2. The second kappa shape index (κ2) is 5.05. The van der Waals surface area contributed by atoms with E-state index in [0.29, 0.717) is 5.52 Å². The molecule has 0 saturated carbocycles. The quantitative estimate of drug-likeness (QED) is 0.797. The summed E-state index contributed by atoms with van der Waals surface area (Å²) in [4.78, 5) is 16.1. The Morgan fingerprint density at radius 1 is 1.19 bits per heavy atom. The molecule has 1 heterocycles. The van der Waals surface area contributed by atoms with E-state index in [-0.39, 0.29) is 5.56 Å². The summed E-state index contributed by atoms with van der Waals surface area (Å²) in [5, 5.41) is 9.46. The number of benzene rings is 2. The molecule has 4 nitrogen and oxygen atoms in total. The first kappa shape index (κ1) is 13.4. The number of hydrogen-bond acceptors (Lipinski definition) is 2. The van der Waals surface area contributed by atoms with Gasteiger partial charge in [-0.05, 0) is 30.7 Å². The van der Waals surface area contributed by atoms with Gasteiger partial charge in [-0.3, -0.25) is 4.57 Å². The van der Waals surface area contributed by atoms with E-state index in [1.165, 1.54) is 0 Å². The van der Waals surface area contributed by atoms with Crippen molar-refractivity contribution < 1.29 is 9.90 Å². The zero-order valence-corrected chi connectivity index (χ0v) is 12.0. The van der Waals surface area contributed by atoms with Crippen LogP contribution in [0.1, 0.15) is 28.7 Å². The fourth-order valence-electron chi connectivity index (χ4n) is 2.66. The van der Waals surface area contributed by atoms with Gasteiger partial charge in [-0.15, -0.1) is 0 Å². The summed E-state index contributed by atoms with van der Waals surface area (Å²) in [6.45, 7) is 4.04. The van der Waals surface area contributed by atoms with Crippen LogP contribution in [-0.4, -0.2) is 20.6 Å². The molecule has 3 rings (SSSR count). The fourth-order valence-corrected chi connectivity index (χ4v) is 2.66. The Kier molecular flexibility index (Phi) is 3.22. The van der Waals surface area contributed by atoms with Crippen molar-refractivity contribution in [2.24, 2.45) is 0 Å². The predicted octanol–water partition coefficient (Wildman–Crippen LogP) is 3.59. The lowest BCUT2D eigenvalue weighted by Gasteiger charge is -2.12. The van der Waals surface area contributed by atoms with Crippen LogP contribution in [-0.2, 0) is 6.42 Å². The molecule has 0 spiro atoms. The first-order chi connectivity index (χ1) is 10.1. The lowest BCUT2D eigenvalue weighted by atomic mass is 10.1. The topological polar surface area (TPSA) is 55.1 Å². The molecule has 0 unspecified atom stereocenters. The van der Waals surface area contributed by atoms with Crippen molar-refractivity contribution in [2.45, 2.75) is 20.3 Å². The highest BCUT2D eigenvalue weighted by Gasteiger charge is 2.18. The van der Waals surface area contributed by atoms with Gasteiger partial charge in [0.25, 0.3) is 0 Å². The highest BCUT2D eigenvalue weighted by molar-refractivity contribution is 6.02. The summed E-state index contributed by atoms with van der Waals surface area (Å²) in [7, 11) is 0. The Balaban J connectivity index is 2.45. The summed E-state index contributed by atoms with van der Waals surface area (Å²) in [5.74, 6) is -0.0639. The van der Waals surface area contributed by atoms with E-state index in [4.69, 9.17) is 0 Å². The van der Waals surface area contributed by atoms with Gasteiger partial charge in [0.1, 0.15) is 5.82 Å². The predicted molar refractivity (Wildman–Crippen MR) is 82.1 cm³/mol. The van der Waals surface area contributed by atoms with Gasteiger partial charge in [0.15, 0.2) is 0 Å².